The molecule has 0 aliphatic rings. The molecule has 1 N–H and O–H groups in total. The number of hydrogen-bond donors (Lipinski definition) is 1. The first-order valence-corrected chi connectivity index (χ1v) is 8.33. The van der Waals surface area contributed by atoms with E-state index in [2.05, 4.69) is 23.3 Å². The Labute approximate surface area is 134 Å². The molecule has 4 nitrogen and oxygen atoms in total. The Morgan fingerprint density at radius 2 is 2.14 bits per heavy atom. The van der Waals surface area contributed by atoms with Gasteiger partial charge in [-0.05, 0) is 38.1 Å². The fourth-order valence-corrected chi connectivity index (χ4v) is 3.12. The minimum atomic E-state index is 0.302. The van der Waals surface area contributed by atoms with Crippen molar-refractivity contribution in [3.05, 3.63) is 42.2 Å². The lowest BCUT2D eigenvalue weighted by molar-refractivity contribution is 0.126. The Kier molecular flexibility index (Phi) is 4.87. The molecule has 5 heteroatoms. The van der Waals surface area contributed by atoms with E-state index in [0.717, 1.165) is 28.7 Å². The van der Waals surface area contributed by atoms with Gasteiger partial charge >= 0.3 is 0 Å². The minimum Gasteiger partial charge on any atom is -0.457 e. The second-order valence-corrected chi connectivity index (χ2v) is 6.22. The van der Waals surface area contributed by atoms with E-state index < -0.39 is 0 Å². The van der Waals surface area contributed by atoms with Crippen LogP contribution in [0, 0.1) is 0 Å². The van der Waals surface area contributed by atoms with E-state index in [1.165, 1.54) is 4.70 Å². The number of nitrogens with zero attached hydrogens (tertiary/aromatic N) is 1. The maximum atomic E-state index is 5.90. The summed E-state index contributed by atoms with van der Waals surface area (Å²) < 4.78 is 12.5. The summed E-state index contributed by atoms with van der Waals surface area (Å²) in [5.74, 6) is 1.74. The predicted molar refractivity (Wildman–Crippen MR) is 90.1 cm³/mol. The Bertz CT molecular complexity index is 702. The van der Waals surface area contributed by atoms with E-state index >= 15 is 0 Å². The fraction of sp³-hybridized carbons (Fsp3) is 0.353. The molecule has 116 valence electrons. The first kappa shape index (κ1) is 15.2. The van der Waals surface area contributed by atoms with Crippen molar-refractivity contribution < 1.29 is 9.15 Å². The lowest BCUT2D eigenvalue weighted by atomic mass is 10.3. The van der Waals surface area contributed by atoms with Crippen molar-refractivity contribution in [2.75, 3.05) is 13.2 Å². The van der Waals surface area contributed by atoms with Crippen LogP contribution in [0.1, 0.15) is 19.6 Å². The maximum Gasteiger partial charge on any atom is 0.163 e. The molecular weight excluding hydrogens is 296 g/mol. The van der Waals surface area contributed by atoms with Gasteiger partial charge in [0.2, 0.25) is 0 Å². The van der Waals surface area contributed by atoms with Gasteiger partial charge in [-0.25, -0.2) is 4.98 Å². The molecule has 3 rings (SSSR count). The molecule has 1 aromatic carbocycles. The Morgan fingerprint density at radius 3 is 2.95 bits per heavy atom. The topological polar surface area (TPSA) is 47.3 Å². The lowest BCUT2D eigenvalue weighted by Crippen LogP contribution is -2.29. The molecule has 0 amide bonds. The zero-order chi connectivity index (χ0) is 15.4. The molecule has 2 heterocycles. The molecule has 0 bridgehead atoms. The molecule has 0 spiro atoms. The van der Waals surface area contributed by atoms with Crippen LogP contribution in [-0.4, -0.2) is 24.2 Å². The van der Waals surface area contributed by atoms with Gasteiger partial charge in [0.1, 0.15) is 5.76 Å². The third kappa shape index (κ3) is 3.55. The highest BCUT2D eigenvalue weighted by molar-refractivity contribution is 7.21. The van der Waals surface area contributed by atoms with Crippen molar-refractivity contribution in [2.24, 2.45) is 0 Å². The van der Waals surface area contributed by atoms with Gasteiger partial charge in [0.15, 0.2) is 10.8 Å². The summed E-state index contributed by atoms with van der Waals surface area (Å²) in [6.07, 6.45) is 0. The monoisotopic (exact) mass is 316 g/mol. The van der Waals surface area contributed by atoms with Crippen LogP contribution in [0.4, 0.5) is 0 Å². The Morgan fingerprint density at radius 1 is 1.27 bits per heavy atom. The van der Waals surface area contributed by atoms with E-state index in [1.807, 2.05) is 37.3 Å². The van der Waals surface area contributed by atoms with E-state index in [4.69, 9.17) is 9.15 Å². The molecule has 1 atom stereocenters. The molecule has 0 saturated heterocycles. The maximum absolute atomic E-state index is 5.90. The molecule has 22 heavy (non-hydrogen) atoms. The lowest BCUT2D eigenvalue weighted by Gasteiger charge is -2.12. The SMILES string of the molecule is CCOCC(C)NCc1ccc(-c2nc3ccccc3s2)o1. The van der Waals surface area contributed by atoms with Gasteiger partial charge < -0.3 is 14.5 Å². The van der Waals surface area contributed by atoms with Gasteiger partial charge in [0, 0.05) is 12.6 Å². The van der Waals surface area contributed by atoms with Gasteiger partial charge in [-0.1, -0.05) is 12.1 Å². The van der Waals surface area contributed by atoms with Crippen LogP contribution < -0.4 is 5.32 Å². The van der Waals surface area contributed by atoms with Crippen molar-refractivity contribution >= 4 is 21.6 Å². The van der Waals surface area contributed by atoms with E-state index in [1.54, 1.807) is 11.3 Å². The largest absolute Gasteiger partial charge is 0.457 e. The highest BCUT2D eigenvalue weighted by Gasteiger charge is 2.11. The number of fused-ring (bicyclic) bond motifs is 1. The molecule has 0 fully saturated rings. The highest BCUT2D eigenvalue weighted by atomic mass is 32.1. The number of para-hydroxylation sites is 1. The average Bonchev–Trinajstić information content (AvgIpc) is 3.16. The molecule has 3 aromatic rings. The summed E-state index contributed by atoms with van der Waals surface area (Å²) in [6, 6.07) is 12.4. The van der Waals surface area contributed by atoms with Crippen LogP contribution in [0.3, 0.4) is 0 Å². The smallest absolute Gasteiger partial charge is 0.163 e. The third-order valence-electron chi connectivity index (χ3n) is 3.36. The van der Waals surface area contributed by atoms with E-state index in [0.29, 0.717) is 19.2 Å². The second kappa shape index (κ2) is 7.05. The Hall–Kier alpha value is -1.69. The minimum absolute atomic E-state index is 0.302. The second-order valence-electron chi connectivity index (χ2n) is 5.19. The number of ether oxygens (including phenoxy) is 1. The molecule has 0 aliphatic heterocycles. The zero-order valence-electron chi connectivity index (χ0n) is 12.8. The molecule has 0 aliphatic carbocycles. The van der Waals surface area contributed by atoms with Gasteiger partial charge in [-0.15, -0.1) is 11.3 Å². The molecular formula is C17H20N2O2S. The van der Waals surface area contributed by atoms with Crippen LogP contribution in [0.25, 0.3) is 21.0 Å². The zero-order valence-corrected chi connectivity index (χ0v) is 13.7. The van der Waals surface area contributed by atoms with Gasteiger partial charge in [-0.3, -0.25) is 0 Å². The molecule has 2 aromatic heterocycles. The van der Waals surface area contributed by atoms with Crippen molar-refractivity contribution in [3.8, 4) is 10.8 Å². The van der Waals surface area contributed by atoms with Crippen molar-refractivity contribution in [2.45, 2.75) is 26.4 Å². The molecule has 0 radical (unpaired) electrons. The van der Waals surface area contributed by atoms with Crippen LogP contribution in [0.2, 0.25) is 0 Å². The van der Waals surface area contributed by atoms with E-state index in [9.17, 15) is 0 Å². The summed E-state index contributed by atoms with van der Waals surface area (Å²) in [4.78, 5) is 4.62. The number of thiazole rings is 1. The third-order valence-corrected chi connectivity index (χ3v) is 4.41. The first-order valence-electron chi connectivity index (χ1n) is 7.52. The standard InChI is InChI=1S/C17H20N2O2S/c1-3-20-11-12(2)18-10-13-8-9-15(21-13)17-19-14-6-4-5-7-16(14)22-17/h4-9,12,18H,3,10-11H2,1-2H3. The number of aromatic nitrogens is 1. The Balaban J connectivity index is 1.65. The molecule has 0 saturated carbocycles. The van der Waals surface area contributed by atoms with Crippen LogP contribution >= 0.6 is 11.3 Å². The quantitative estimate of drug-likeness (QED) is 0.714. The summed E-state index contributed by atoms with van der Waals surface area (Å²) in [7, 11) is 0. The van der Waals surface area contributed by atoms with Crippen molar-refractivity contribution in [1.29, 1.82) is 0 Å². The van der Waals surface area contributed by atoms with Crippen molar-refractivity contribution in [3.63, 3.8) is 0 Å². The molecule has 1 unspecified atom stereocenters. The number of hydrogen-bond acceptors (Lipinski definition) is 5. The van der Waals surface area contributed by atoms with Gasteiger partial charge in [0.25, 0.3) is 0 Å². The van der Waals surface area contributed by atoms with Crippen molar-refractivity contribution in [1.82, 2.24) is 10.3 Å². The van der Waals surface area contributed by atoms with Gasteiger partial charge in [0.05, 0.1) is 23.4 Å². The predicted octanol–water partition coefficient (Wildman–Crippen LogP) is 4.07. The number of furan rings is 1. The number of rotatable bonds is 7. The summed E-state index contributed by atoms with van der Waals surface area (Å²) in [5, 5.41) is 4.32. The number of nitrogens with one attached hydrogen (secondary N) is 1. The number of benzene rings is 1. The summed E-state index contributed by atoms with van der Waals surface area (Å²) >= 11 is 1.65. The average molecular weight is 316 g/mol. The normalized spacial score (nSPS) is 12.8. The van der Waals surface area contributed by atoms with Crippen LogP contribution in [0.15, 0.2) is 40.8 Å². The first-order chi connectivity index (χ1) is 10.8. The summed E-state index contributed by atoms with van der Waals surface area (Å²) in [5.41, 5.74) is 1.02. The van der Waals surface area contributed by atoms with E-state index in [-0.39, 0.29) is 0 Å². The summed E-state index contributed by atoms with van der Waals surface area (Å²) in [6.45, 7) is 6.26. The van der Waals surface area contributed by atoms with Crippen LogP contribution in [-0.2, 0) is 11.3 Å². The van der Waals surface area contributed by atoms with Gasteiger partial charge in [-0.2, -0.15) is 0 Å². The fourth-order valence-electron chi connectivity index (χ4n) is 2.19. The van der Waals surface area contributed by atoms with Crippen LogP contribution in [0.5, 0.6) is 0 Å². The highest BCUT2D eigenvalue weighted by Crippen LogP contribution is 2.31.